The number of benzene rings is 8. The number of hydrogen-bond acceptors (Lipinski definition) is 2. The van der Waals surface area contributed by atoms with Crippen LogP contribution in [0.5, 0.6) is 0 Å². The Labute approximate surface area is 403 Å². The molecule has 0 aromatic heterocycles. The lowest BCUT2D eigenvalue weighted by Crippen LogP contribution is -2.17. The first-order valence-electron chi connectivity index (χ1n) is 23.9. The monoisotopic (exact) mass is 876 g/mol. The average Bonchev–Trinajstić information content (AvgIpc) is 3.41. The summed E-state index contributed by atoms with van der Waals surface area (Å²) in [4.78, 5) is 4.77. The second-order valence-electron chi connectivity index (χ2n) is 17.8. The number of allylic oxidation sites excluding steroid dienone is 9. The minimum atomic E-state index is 0.992. The van der Waals surface area contributed by atoms with Crippen molar-refractivity contribution < 1.29 is 0 Å². The first-order chi connectivity index (χ1) is 33.5. The predicted molar refractivity (Wildman–Crippen MR) is 292 cm³/mol. The number of aryl methyl sites for hydroxylation is 1. The van der Waals surface area contributed by atoms with Gasteiger partial charge in [-0.25, -0.2) is 0 Å². The highest BCUT2D eigenvalue weighted by Crippen LogP contribution is 2.39. The van der Waals surface area contributed by atoms with Crippen molar-refractivity contribution in [1.29, 1.82) is 0 Å². The van der Waals surface area contributed by atoms with Gasteiger partial charge in [-0.3, -0.25) is 0 Å². The van der Waals surface area contributed by atoms with E-state index in [9.17, 15) is 0 Å². The number of nitrogens with zero attached hydrogens (tertiary/aromatic N) is 2. The van der Waals surface area contributed by atoms with Gasteiger partial charge in [-0.2, -0.15) is 0 Å². The predicted octanol–water partition coefficient (Wildman–Crippen LogP) is 18.3. The molecule has 0 aliphatic heterocycles. The van der Waals surface area contributed by atoms with Gasteiger partial charge in [0.2, 0.25) is 0 Å². The molecule has 10 rings (SSSR count). The smallest absolute Gasteiger partial charge is 0.0462 e. The molecule has 0 atom stereocenters. The molecule has 330 valence electrons. The van der Waals surface area contributed by atoms with E-state index in [2.05, 4.69) is 279 Å². The van der Waals surface area contributed by atoms with Crippen molar-refractivity contribution in [2.75, 3.05) is 9.80 Å². The number of anilines is 5. The Balaban J connectivity index is 0.927. The highest BCUT2D eigenvalue weighted by atomic mass is 15.2. The summed E-state index contributed by atoms with van der Waals surface area (Å²) in [5.74, 6) is 0. The Morgan fingerprint density at radius 3 is 1.25 bits per heavy atom. The van der Waals surface area contributed by atoms with Gasteiger partial charge < -0.3 is 9.80 Å². The van der Waals surface area contributed by atoms with E-state index in [0.29, 0.717) is 0 Å². The topological polar surface area (TPSA) is 6.48 Å². The Bertz CT molecular complexity index is 3110. The van der Waals surface area contributed by atoms with Crippen molar-refractivity contribution in [3.8, 4) is 11.1 Å². The van der Waals surface area contributed by atoms with Gasteiger partial charge in [-0.15, -0.1) is 0 Å². The molecule has 0 radical (unpaired) electrons. The standard InChI is InChI=1S/C66H56N2/c1-49-23-35-59(36-24-49)67(61-39-27-51(28-40-61)47-65(55-15-7-3-8-16-55)56-17-9-4-10-18-56)63-43-31-53(32-44-63)54-33-45-64(46-34-54)68(60-37-25-50(2)26-38-60)62-41-29-52(30-42-62)48-66(57-19-11-5-12-20-57)58-21-13-6-14-22-58/h3-13,15-21,23-25,27-37,39-48H,14,22,26,38H2,1-2H3/b66-48-. The Morgan fingerprint density at radius 1 is 0.382 bits per heavy atom. The van der Waals surface area contributed by atoms with Crippen molar-refractivity contribution in [2.24, 2.45) is 0 Å². The van der Waals surface area contributed by atoms with Gasteiger partial charge in [-0.1, -0.05) is 187 Å². The van der Waals surface area contributed by atoms with Crippen molar-refractivity contribution in [3.05, 3.63) is 293 Å². The van der Waals surface area contributed by atoms with Crippen molar-refractivity contribution in [2.45, 2.75) is 39.5 Å². The second-order valence-corrected chi connectivity index (χ2v) is 17.8. The van der Waals surface area contributed by atoms with Crippen LogP contribution in [0.1, 0.15) is 66.0 Å². The normalized spacial score (nSPS) is 13.5. The second kappa shape index (κ2) is 20.5. The fraction of sp³-hybridized carbons (Fsp3) is 0.0909. The van der Waals surface area contributed by atoms with E-state index in [4.69, 9.17) is 0 Å². The first kappa shape index (κ1) is 43.7. The van der Waals surface area contributed by atoms with Crippen molar-refractivity contribution in [1.82, 2.24) is 0 Å². The Kier molecular flexibility index (Phi) is 13.2. The van der Waals surface area contributed by atoms with Gasteiger partial charge in [0.1, 0.15) is 0 Å². The van der Waals surface area contributed by atoms with Crippen LogP contribution < -0.4 is 9.80 Å². The zero-order valence-electron chi connectivity index (χ0n) is 39.0. The lowest BCUT2D eigenvalue weighted by molar-refractivity contribution is 0.875. The van der Waals surface area contributed by atoms with E-state index in [-0.39, 0.29) is 0 Å². The molecule has 0 unspecified atom stereocenters. The van der Waals surface area contributed by atoms with Gasteiger partial charge in [0, 0.05) is 34.1 Å². The molecule has 2 aliphatic rings. The molecule has 0 N–H and O–H groups in total. The van der Waals surface area contributed by atoms with Crippen LogP contribution in [0.2, 0.25) is 0 Å². The third kappa shape index (κ3) is 10.1. The Hall–Kier alpha value is -8.20. The summed E-state index contributed by atoms with van der Waals surface area (Å²) >= 11 is 0. The highest BCUT2D eigenvalue weighted by molar-refractivity contribution is 5.93. The fourth-order valence-electron chi connectivity index (χ4n) is 9.29. The lowest BCUT2D eigenvalue weighted by atomic mass is 9.90. The molecule has 0 heterocycles. The van der Waals surface area contributed by atoms with Crippen LogP contribution in [-0.2, 0) is 0 Å². The minimum Gasteiger partial charge on any atom is -0.314 e. The minimum absolute atomic E-state index is 0.992. The van der Waals surface area contributed by atoms with E-state index in [1.807, 2.05) is 0 Å². The molecule has 0 saturated carbocycles. The molecule has 2 heteroatoms. The molecule has 0 fully saturated rings. The van der Waals surface area contributed by atoms with E-state index in [1.54, 1.807) is 0 Å². The summed E-state index contributed by atoms with van der Waals surface area (Å²) in [7, 11) is 0. The van der Waals surface area contributed by atoms with Gasteiger partial charge in [0.25, 0.3) is 0 Å². The van der Waals surface area contributed by atoms with E-state index < -0.39 is 0 Å². The van der Waals surface area contributed by atoms with E-state index in [1.165, 1.54) is 66.9 Å². The summed E-state index contributed by atoms with van der Waals surface area (Å²) in [5, 5.41) is 0. The van der Waals surface area contributed by atoms with Crippen LogP contribution in [0.4, 0.5) is 28.4 Å². The third-order valence-electron chi connectivity index (χ3n) is 13.0. The molecule has 2 nitrogen and oxygen atoms in total. The van der Waals surface area contributed by atoms with E-state index in [0.717, 1.165) is 59.7 Å². The molecule has 8 aromatic rings. The summed E-state index contributed by atoms with van der Waals surface area (Å²) in [6.07, 6.45) is 20.1. The lowest BCUT2D eigenvalue weighted by Gasteiger charge is -2.30. The number of rotatable bonds is 13. The summed E-state index contributed by atoms with van der Waals surface area (Å²) in [5.41, 5.74) is 21.8. The molecule has 0 bridgehead atoms. The van der Waals surface area contributed by atoms with Gasteiger partial charge in [-0.05, 0) is 174 Å². The molecule has 8 aromatic carbocycles. The number of hydrogen-bond donors (Lipinski definition) is 0. The zero-order chi connectivity index (χ0) is 46.1. The quantitative estimate of drug-likeness (QED) is 0.107. The molecular weight excluding hydrogens is 821 g/mol. The van der Waals surface area contributed by atoms with Gasteiger partial charge in [0.15, 0.2) is 0 Å². The zero-order valence-corrected chi connectivity index (χ0v) is 39.0. The van der Waals surface area contributed by atoms with Gasteiger partial charge >= 0.3 is 0 Å². The average molecular weight is 877 g/mol. The summed E-state index contributed by atoms with van der Waals surface area (Å²) < 4.78 is 0. The maximum Gasteiger partial charge on any atom is 0.0462 e. The molecule has 68 heavy (non-hydrogen) atoms. The fourth-order valence-corrected chi connectivity index (χ4v) is 9.29. The highest BCUT2D eigenvalue weighted by Gasteiger charge is 2.19. The molecular formula is C66H56N2. The van der Waals surface area contributed by atoms with Crippen molar-refractivity contribution >= 4 is 51.7 Å². The van der Waals surface area contributed by atoms with Crippen LogP contribution in [-0.4, -0.2) is 0 Å². The first-order valence-corrected chi connectivity index (χ1v) is 23.9. The SMILES string of the molecule is CC1=CC=C(N(c2ccc(/C=C(\C3=CC=CCC3)c3ccccc3)cc2)c2ccc(-c3ccc(N(c4ccc(C)cc4)c4ccc(C=C(c5ccccc5)c5ccccc5)cc4)cc3)cc2)CC1. The summed E-state index contributed by atoms with van der Waals surface area (Å²) in [6, 6.07) is 76.9. The van der Waals surface area contributed by atoms with Crippen LogP contribution in [0.15, 0.2) is 260 Å². The van der Waals surface area contributed by atoms with Crippen LogP contribution >= 0.6 is 0 Å². The molecule has 2 aliphatic carbocycles. The van der Waals surface area contributed by atoms with Crippen LogP contribution in [0.3, 0.4) is 0 Å². The Morgan fingerprint density at radius 2 is 0.809 bits per heavy atom. The van der Waals surface area contributed by atoms with E-state index >= 15 is 0 Å². The van der Waals surface area contributed by atoms with Crippen LogP contribution in [0.25, 0.3) is 34.4 Å². The molecule has 0 spiro atoms. The maximum absolute atomic E-state index is 2.43. The third-order valence-corrected chi connectivity index (χ3v) is 13.0. The maximum atomic E-state index is 2.43. The molecule has 0 amide bonds. The largest absolute Gasteiger partial charge is 0.314 e. The summed E-state index contributed by atoms with van der Waals surface area (Å²) in [6.45, 7) is 4.37. The van der Waals surface area contributed by atoms with Gasteiger partial charge in [0.05, 0.1) is 0 Å². The van der Waals surface area contributed by atoms with Crippen LogP contribution in [0, 0.1) is 6.92 Å². The van der Waals surface area contributed by atoms with Crippen molar-refractivity contribution in [3.63, 3.8) is 0 Å². The molecule has 0 saturated heterocycles.